The van der Waals surface area contributed by atoms with Crippen LogP contribution >= 0.6 is 0 Å². The fourth-order valence-corrected chi connectivity index (χ4v) is 2.17. The summed E-state index contributed by atoms with van der Waals surface area (Å²) in [7, 11) is 1.55. The highest BCUT2D eigenvalue weighted by Gasteiger charge is 2.11. The van der Waals surface area contributed by atoms with Crippen LogP contribution in [0.2, 0.25) is 0 Å². The maximum Gasteiger partial charge on any atom is 0.255 e. The zero-order valence-electron chi connectivity index (χ0n) is 13.9. The minimum atomic E-state index is -0.279. The van der Waals surface area contributed by atoms with E-state index in [0.717, 1.165) is 0 Å². The molecule has 2 amide bonds. The summed E-state index contributed by atoms with van der Waals surface area (Å²) in [6.07, 6.45) is 0. The quantitative estimate of drug-likeness (QED) is 0.853. The number of anilines is 2. The van der Waals surface area contributed by atoms with Crippen molar-refractivity contribution < 1.29 is 19.1 Å². The van der Waals surface area contributed by atoms with E-state index in [1.165, 1.54) is 6.92 Å². The van der Waals surface area contributed by atoms with Gasteiger partial charge < -0.3 is 20.1 Å². The van der Waals surface area contributed by atoms with Crippen LogP contribution in [-0.4, -0.2) is 25.5 Å². The number of amides is 2. The third-order valence-electron chi connectivity index (χ3n) is 3.17. The first-order chi connectivity index (χ1) is 11.5. The molecule has 0 spiro atoms. The molecule has 0 radical (unpaired) electrons. The van der Waals surface area contributed by atoms with Crippen LogP contribution in [0.5, 0.6) is 11.5 Å². The summed E-state index contributed by atoms with van der Waals surface area (Å²) in [6.45, 7) is 3.76. The lowest BCUT2D eigenvalue weighted by molar-refractivity contribution is -0.114. The first-order valence-electron chi connectivity index (χ1n) is 7.53. The number of methoxy groups -OCH3 is 1. The standard InChI is InChI=1S/C18H20N2O4/c1-4-24-17-10-13(8-9-16(17)23-3)18(22)20-15-7-5-6-14(11-15)19-12(2)21/h5-11H,4H2,1-3H3,(H,19,21)(H,20,22). The van der Waals surface area contributed by atoms with E-state index in [4.69, 9.17) is 9.47 Å². The number of rotatable bonds is 6. The molecule has 6 heteroatoms. The highest BCUT2D eigenvalue weighted by molar-refractivity contribution is 6.05. The van der Waals surface area contributed by atoms with Gasteiger partial charge in [0.05, 0.1) is 13.7 Å². The fourth-order valence-electron chi connectivity index (χ4n) is 2.17. The van der Waals surface area contributed by atoms with Crippen LogP contribution in [0.25, 0.3) is 0 Å². The van der Waals surface area contributed by atoms with E-state index in [9.17, 15) is 9.59 Å². The van der Waals surface area contributed by atoms with Gasteiger partial charge in [0.25, 0.3) is 5.91 Å². The normalized spacial score (nSPS) is 9.96. The van der Waals surface area contributed by atoms with Crippen LogP contribution in [0.15, 0.2) is 42.5 Å². The largest absolute Gasteiger partial charge is 0.493 e. The number of carbonyl (C=O) groups excluding carboxylic acids is 2. The zero-order valence-corrected chi connectivity index (χ0v) is 13.9. The number of hydrogen-bond acceptors (Lipinski definition) is 4. The van der Waals surface area contributed by atoms with Crippen molar-refractivity contribution in [2.24, 2.45) is 0 Å². The lowest BCUT2D eigenvalue weighted by Crippen LogP contribution is -2.13. The van der Waals surface area contributed by atoms with Crippen LogP contribution in [0, 0.1) is 0 Å². The molecule has 2 N–H and O–H groups in total. The summed E-state index contributed by atoms with van der Waals surface area (Å²) in [5.41, 5.74) is 1.65. The zero-order chi connectivity index (χ0) is 17.5. The second-order valence-electron chi connectivity index (χ2n) is 5.01. The molecule has 0 aliphatic heterocycles. The molecule has 2 rings (SSSR count). The maximum atomic E-state index is 12.4. The molecule has 24 heavy (non-hydrogen) atoms. The molecule has 0 aliphatic rings. The van der Waals surface area contributed by atoms with Crippen LogP contribution in [0.1, 0.15) is 24.2 Å². The first-order valence-corrected chi connectivity index (χ1v) is 7.53. The van der Waals surface area contributed by atoms with Gasteiger partial charge in [-0.15, -0.1) is 0 Å². The predicted octanol–water partition coefficient (Wildman–Crippen LogP) is 3.30. The Balaban J connectivity index is 2.17. The summed E-state index contributed by atoms with van der Waals surface area (Å²) in [4.78, 5) is 23.5. The van der Waals surface area contributed by atoms with Gasteiger partial charge in [0.1, 0.15) is 0 Å². The van der Waals surface area contributed by atoms with E-state index in [1.54, 1.807) is 49.6 Å². The van der Waals surface area contributed by atoms with Crippen molar-refractivity contribution in [3.63, 3.8) is 0 Å². The van der Waals surface area contributed by atoms with E-state index in [2.05, 4.69) is 10.6 Å². The van der Waals surface area contributed by atoms with Crippen molar-refractivity contribution in [3.05, 3.63) is 48.0 Å². The molecular formula is C18H20N2O4. The van der Waals surface area contributed by atoms with Crippen LogP contribution in [0.4, 0.5) is 11.4 Å². The SMILES string of the molecule is CCOc1cc(C(=O)Nc2cccc(NC(C)=O)c2)ccc1OC. The van der Waals surface area contributed by atoms with Crippen molar-refractivity contribution in [2.75, 3.05) is 24.4 Å². The van der Waals surface area contributed by atoms with E-state index in [-0.39, 0.29) is 11.8 Å². The highest BCUT2D eigenvalue weighted by atomic mass is 16.5. The Kier molecular flexibility index (Phi) is 5.78. The van der Waals surface area contributed by atoms with Crippen LogP contribution in [0.3, 0.4) is 0 Å². The van der Waals surface area contributed by atoms with Crippen molar-refractivity contribution in [1.29, 1.82) is 0 Å². The van der Waals surface area contributed by atoms with Crippen LogP contribution in [-0.2, 0) is 4.79 Å². The molecule has 0 atom stereocenters. The van der Waals surface area contributed by atoms with Crippen molar-refractivity contribution in [3.8, 4) is 11.5 Å². The van der Waals surface area contributed by atoms with Gasteiger partial charge in [0, 0.05) is 23.9 Å². The average Bonchev–Trinajstić information content (AvgIpc) is 2.54. The van der Waals surface area contributed by atoms with Crippen molar-refractivity contribution in [2.45, 2.75) is 13.8 Å². The van der Waals surface area contributed by atoms with Crippen molar-refractivity contribution >= 4 is 23.2 Å². The summed E-state index contributed by atoms with van der Waals surface area (Å²) < 4.78 is 10.7. The second-order valence-corrected chi connectivity index (χ2v) is 5.01. The summed E-state index contributed by atoms with van der Waals surface area (Å²) in [6, 6.07) is 11.9. The second kappa shape index (κ2) is 8.01. The monoisotopic (exact) mass is 328 g/mol. The molecule has 0 saturated carbocycles. The van der Waals surface area contributed by atoms with Gasteiger partial charge in [0.2, 0.25) is 5.91 Å². The molecular weight excluding hydrogens is 308 g/mol. The molecule has 2 aromatic carbocycles. The van der Waals surface area contributed by atoms with E-state index < -0.39 is 0 Å². The molecule has 2 aromatic rings. The van der Waals surface area contributed by atoms with Gasteiger partial charge in [-0.2, -0.15) is 0 Å². The highest BCUT2D eigenvalue weighted by Crippen LogP contribution is 2.28. The Bertz CT molecular complexity index is 744. The summed E-state index contributed by atoms with van der Waals surface area (Å²) in [5.74, 6) is 0.634. The molecule has 6 nitrogen and oxygen atoms in total. The number of ether oxygens (including phenoxy) is 2. The van der Waals surface area contributed by atoms with E-state index >= 15 is 0 Å². The third kappa shape index (κ3) is 4.49. The molecule has 0 bridgehead atoms. The molecule has 0 aromatic heterocycles. The number of benzene rings is 2. The van der Waals surface area contributed by atoms with Gasteiger partial charge in [-0.3, -0.25) is 9.59 Å². The average molecular weight is 328 g/mol. The minimum absolute atomic E-state index is 0.171. The van der Waals surface area contributed by atoms with E-state index in [0.29, 0.717) is 35.0 Å². The fraction of sp³-hybridized carbons (Fsp3) is 0.222. The smallest absolute Gasteiger partial charge is 0.255 e. The van der Waals surface area contributed by atoms with Gasteiger partial charge in [0.15, 0.2) is 11.5 Å². The third-order valence-corrected chi connectivity index (χ3v) is 3.17. The summed E-state index contributed by atoms with van der Waals surface area (Å²) in [5, 5.41) is 5.46. The Labute approximate surface area is 140 Å². The van der Waals surface area contributed by atoms with Gasteiger partial charge in [-0.05, 0) is 43.3 Å². The Morgan fingerprint density at radius 3 is 2.33 bits per heavy atom. The van der Waals surface area contributed by atoms with Gasteiger partial charge >= 0.3 is 0 Å². The van der Waals surface area contributed by atoms with Gasteiger partial charge in [-0.1, -0.05) is 6.07 Å². The summed E-state index contributed by atoms with van der Waals surface area (Å²) >= 11 is 0. The molecule has 0 unspecified atom stereocenters. The van der Waals surface area contributed by atoms with Crippen molar-refractivity contribution in [1.82, 2.24) is 0 Å². The van der Waals surface area contributed by atoms with Gasteiger partial charge in [-0.25, -0.2) is 0 Å². The topological polar surface area (TPSA) is 76.7 Å². The lowest BCUT2D eigenvalue weighted by Gasteiger charge is -2.12. The minimum Gasteiger partial charge on any atom is -0.493 e. The lowest BCUT2D eigenvalue weighted by atomic mass is 10.1. The van der Waals surface area contributed by atoms with E-state index in [1.807, 2.05) is 6.92 Å². The number of carbonyl (C=O) groups is 2. The molecule has 0 saturated heterocycles. The Hall–Kier alpha value is -3.02. The first kappa shape index (κ1) is 17.3. The predicted molar refractivity (Wildman–Crippen MR) is 92.9 cm³/mol. The Morgan fingerprint density at radius 1 is 1.00 bits per heavy atom. The molecule has 0 aliphatic carbocycles. The molecule has 0 fully saturated rings. The number of nitrogens with one attached hydrogen (secondary N) is 2. The number of hydrogen-bond donors (Lipinski definition) is 2. The maximum absolute atomic E-state index is 12.4. The molecule has 126 valence electrons. The van der Waals surface area contributed by atoms with Crippen LogP contribution < -0.4 is 20.1 Å². The Morgan fingerprint density at radius 2 is 1.71 bits per heavy atom. The molecule has 0 heterocycles.